The molecule has 2 aromatic rings. The van der Waals surface area contributed by atoms with E-state index in [0.717, 1.165) is 0 Å². The second kappa shape index (κ2) is 5.91. The Bertz CT molecular complexity index is 576. The summed E-state index contributed by atoms with van der Waals surface area (Å²) in [6, 6.07) is 11.8. The molecule has 0 N–H and O–H groups in total. The molecule has 19 heavy (non-hydrogen) atoms. The first-order chi connectivity index (χ1) is 9.16. The van der Waals surface area contributed by atoms with Gasteiger partial charge in [-0.25, -0.2) is 4.79 Å². The highest BCUT2D eigenvalue weighted by molar-refractivity contribution is 5.96. The molecule has 4 heteroatoms. The number of hydrogen-bond donors (Lipinski definition) is 0. The number of carbonyl (C=O) groups excluding carboxylic acids is 2. The molecule has 0 fully saturated rings. The maximum absolute atomic E-state index is 11.8. The fourth-order valence-corrected chi connectivity index (χ4v) is 1.55. The van der Waals surface area contributed by atoms with Crippen molar-refractivity contribution >= 4 is 11.8 Å². The summed E-state index contributed by atoms with van der Waals surface area (Å²) in [6.07, 6.45) is 1.64. The number of ether oxygens (including phenoxy) is 1. The molecule has 4 nitrogen and oxygen atoms in total. The highest BCUT2D eigenvalue weighted by Crippen LogP contribution is 2.08. The first kappa shape index (κ1) is 13.0. The first-order valence-electron chi connectivity index (χ1n) is 5.85. The number of benzene rings is 1. The van der Waals surface area contributed by atoms with E-state index in [1.165, 1.54) is 6.92 Å². The predicted molar refractivity (Wildman–Crippen MR) is 69.8 cm³/mol. The van der Waals surface area contributed by atoms with Crippen LogP contribution in [0.1, 0.15) is 33.3 Å². The van der Waals surface area contributed by atoms with Gasteiger partial charge in [0, 0.05) is 11.8 Å². The number of Topliss-reactive ketones (excluding diaryl/α,β-unsaturated/α-hetero) is 1. The van der Waals surface area contributed by atoms with Gasteiger partial charge in [-0.2, -0.15) is 0 Å². The Morgan fingerprint density at radius 2 is 1.74 bits per heavy atom. The monoisotopic (exact) mass is 255 g/mol. The minimum absolute atomic E-state index is 0.0339. The van der Waals surface area contributed by atoms with Crippen molar-refractivity contribution in [2.45, 2.75) is 13.5 Å². The highest BCUT2D eigenvalue weighted by atomic mass is 16.5. The van der Waals surface area contributed by atoms with Crippen LogP contribution in [0.15, 0.2) is 48.7 Å². The van der Waals surface area contributed by atoms with Crippen molar-refractivity contribution in [3.63, 3.8) is 0 Å². The Morgan fingerprint density at radius 1 is 1.05 bits per heavy atom. The number of hydrogen-bond acceptors (Lipinski definition) is 4. The summed E-state index contributed by atoms with van der Waals surface area (Å²) in [7, 11) is 0. The lowest BCUT2D eigenvalue weighted by Gasteiger charge is -2.04. The maximum atomic E-state index is 11.8. The molecule has 0 saturated heterocycles. The molecule has 0 spiro atoms. The smallest absolute Gasteiger partial charge is 0.338 e. The quantitative estimate of drug-likeness (QED) is 0.622. The third-order valence-electron chi connectivity index (χ3n) is 2.60. The molecular weight excluding hydrogens is 242 g/mol. The Hall–Kier alpha value is -2.49. The van der Waals surface area contributed by atoms with Crippen LogP contribution in [0.5, 0.6) is 0 Å². The predicted octanol–water partition coefficient (Wildman–Crippen LogP) is 2.64. The van der Waals surface area contributed by atoms with Gasteiger partial charge in [0.15, 0.2) is 5.78 Å². The lowest BCUT2D eigenvalue weighted by molar-refractivity contribution is 0.0467. The zero-order valence-electron chi connectivity index (χ0n) is 10.5. The second-order valence-corrected chi connectivity index (χ2v) is 4.03. The first-order valence-corrected chi connectivity index (χ1v) is 5.85. The molecule has 1 aromatic heterocycles. The lowest BCUT2D eigenvalue weighted by Crippen LogP contribution is -2.06. The normalized spacial score (nSPS) is 9.95. The zero-order valence-corrected chi connectivity index (χ0v) is 10.5. The largest absolute Gasteiger partial charge is 0.456 e. The van der Waals surface area contributed by atoms with Crippen LogP contribution >= 0.6 is 0 Å². The number of esters is 1. The maximum Gasteiger partial charge on any atom is 0.338 e. The van der Waals surface area contributed by atoms with Crippen LogP contribution in [0.3, 0.4) is 0 Å². The fraction of sp³-hybridized carbons (Fsp3) is 0.133. The van der Waals surface area contributed by atoms with Crippen molar-refractivity contribution in [2.24, 2.45) is 0 Å². The van der Waals surface area contributed by atoms with Gasteiger partial charge >= 0.3 is 5.97 Å². The third-order valence-corrected chi connectivity index (χ3v) is 2.60. The van der Waals surface area contributed by atoms with Gasteiger partial charge in [-0.15, -0.1) is 0 Å². The molecule has 0 amide bonds. The van der Waals surface area contributed by atoms with E-state index in [-0.39, 0.29) is 12.4 Å². The van der Waals surface area contributed by atoms with Crippen molar-refractivity contribution in [2.75, 3.05) is 0 Å². The van der Waals surface area contributed by atoms with Gasteiger partial charge in [0.25, 0.3) is 0 Å². The topological polar surface area (TPSA) is 56.3 Å². The van der Waals surface area contributed by atoms with Crippen LogP contribution in [0.2, 0.25) is 0 Å². The minimum atomic E-state index is -0.430. The Kier molecular flexibility index (Phi) is 4.03. The van der Waals surface area contributed by atoms with Crippen molar-refractivity contribution in [1.29, 1.82) is 0 Å². The summed E-state index contributed by atoms with van der Waals surface area (Å²) in [5.74, 6) is -0.464. The van der Waals surface area contributed by atoms with Crippen LogP contribution in [-0.2, 0) is 11.3 Å². The SMILES string of the molecule is CC(=O)c1ccc(C(=O)OCc2ccccn2)cc1. The molecular formula is C15H13NO3. The second-order valence-electron chi connectivity index (χ2n) is 4.03. The van der Waals surface area contributed by atoms with Crippen molar-refractivity contribution in [3.05, 3.63) is 65.5 Å². The Labute approximate surface area is 111 Å². The molecule has 0 aliphatic carbocycles. The van der Waals surface area contributed by atoms with Gasteiger partial charge in [0.1, 0.15) is 6.61 Å². The minimum Gasteiger partial charge on any atom is -0.456 e. The third kappa shape index (κ3) is 3.48. The summed E-state index contributed by atoms with van der Waals surface area (Å²) in [4.78, 5) is 26.9. The van der Waals surface area contributed by atoms with Crippen LogP contribution in [-0.4, -0.2) is 16.7 Å². The van der Waals surface area contributed by atoms with Gasteiger partial charge < -0.3 is 4.74 Å². The zero-order chi connectivity index (χ0) is 13.7. The number of ketones is 1. The average molecular weight is 255 g/mol. The van der Waals surface area contributed by atoms with E-state index in [1.54, 1.807) is 42.6 Å². The number of aromatic nitrogens is 1. The number of carbonyl (C=O) groups is 2. The van der Waals surface area contributed by atoms with E-state index in [4.69, 9.17) is 4.74 Å². The number of pyridine rings is 1. The molecule has 0 aliphatic heterocycles. The lowest BCUT2D eigenvalue weighted by atomic mass is 10.1. The van der Waals surface area contributed by atoms with Crippen LogP contribution < -0.4 is 0 Å². The number of nitrogens with zero attached hydrogens (tertiary/aromatic N) is 1. The fourth-order valence-electron chi connectivity index (χ4n) is 1.55. The van der Waals surface area contributed by atoms with Gasteiger partial charge in [-0.05, 0) is 31.2 Å². The molecule has 96 valence electrons. The van der Waals surface area contributed by atoms with E-state index in [0.29, 0.717) is 16.8 Å². The van der Waals surface area contributed by atoms with E-state index in [9.17, 15) is 9.59 Å². The van der Waals surface area contributed by atoms with Gasteiger partial charge in [0.05, 0.1) is 11.3 Å². The average Bonchev–Trinajstić information content (AvgIpc) is 2.46. The molecule has 0 radical (unpaired) electrons. The number of rotatable bonds is 4. The van der Waals surface area contributed by atoms with Crippen molar-refractivity contribution in [1.82, 2.24) is 4.98 Å². The van der Waals surface area contributed by atoms with E-state index in [2.05, 4.69) is 4.98 Å². The molecule has 1 aromatic carbocycles. The van der Waals surface area contributed by atoms with E-state index >= 15 is 0 Å². The van der Waals surface area contributed by atoms with Crippen molar-refractivity contribution < 1.29 is 14.3 Å². The molecule has 0 saturated carbocycles. The summed E-state index contributed by atoms with van der Waals surface area (Å²) < 4.78 is 5.13. The van der Waals surface area contributed by atoms with Crippen molar-refractivity contribution in [3.8, 4) is 0 Å². The molecule has 0 unspecified atom stereocenters. The standard InChI is InChI=1S/C15H13NO3/c1-11(17)12-5-7-13(8-6-12)15(18)19-10-14-4-2-3-9-16-14/h2-9H,10H2,1H3. The molecule has 0 bridgehead atoms. The summed E-state index contributed by atoms with van der Waals surface area (Å²) in [6.45, 7) is 1.61. The van der Waals surface area contributed by atoms with E-state index in [1.807, 2.05) is 6.07 Å². The molecule has 2 rings (SSSR count). The summed E-state index contributed by atoms with van der Waals surface area (Å²) in [5.41, 5.74) is 1.68. The van der Waals surface area contributed by atoms with Gasteiger partial charge in [-0.3, -0.25) is 9.78 Å². The van der Waals surface area contributed by atoms with Crippen LogP contribution in [0.4, 0.5) is 0 Å². The Morgan fingerprint density at radius 3 is 2.32 bits per heavy atom. The van der Waals surface area contributed by atoms with E-state index < -0.39 is 5.97 Å². The van der Waals surface area contributed by atoms with Gasteiger partial charge in [0.2, 0.25) is 0 Å². The summed E-state index contributed by atoms with van der Waals surface area (Å²) in [5, 5.41) is 0. The highest BCUT2D eigenvalue weighted by Gasteiger charge is 2.08. The Balaban J connectivity index is 1.98. The van der Waals surface area contributed by atoms with Crippen LogP contribution in [0.25, 0.3) is 0 Å². The summed E-state index contributed by atoms with van der Waals surface area (Å²) >= 11 is 0. The van der Waals surface area contributed by atoms with Crippen LogP contribution in [0, 0.1) is 0 Å². The molecule has 0 aliphatic rings. The van der Waals surface area contributed by atoms with Gasteiger partial charge in [-0.1, -0.05) is 18.2 Å². The molecule has 0 atom stereocenters. The molecule has 1 heterocycles.